The molecule has 1 N–H and O–H groups in total. The Morgan fingerprint density at radius 3 is 2.61 bits per heavy atom. The van der Waals surface area contributed by atoms with Gasteiger partial charge in [0.25, 0.3) is 0 Å². The van der Waals surface area contributed by atoms with E-state index < -0.39 is 0 Å². The van der Waals surface area contributed by atoms with Crippen LogP contribution in [0.1, 0.15) is 30.0 Å². The van der Waals surface area contributed by atoms with Crippen molar-refractivity contribution in [1.82, 2.24) is 9.97 Å². The quantitative estimate of drug-likeness (QED) is 0.900. The van der Waals surface area contributed by atoms with Gasteiger partial charge in [0.1, 0.15) is 17.5 Å². The predicted octanol–water partition coefficient (Wildman–Crippen LogP) is 3.41. The summed E-state index contributed by atoms with van der Waals surface area (Å²) in [5.41, 5.74) is 1.81. The first kappa shape index (κ1) is 12.5. The van der Waals surface area contributed by atoms with E-state index in [1.54, 1.807) is 6.07 Å². The first-order valence-electron chi connectivity index (χ1n) is 5.89. The predicted molar refractivity (Wildman–Crippen MR) is 69.9 cm³/mol. The largest absolute Gasteiger partial charge is 0.363 e. The summed E-state index contributed by atoms with van der Waals surface area (Å²) in [6, 6.07) is 8.44. The molecule has 0 saturated carbocycles. The summed E-state index contributed by atoms with van der Waals surface area (Å²) >= 11 is 0. The second kappa shape index (κ2) is 5.12. The van der Waals surface area contributed by atoms with Crippen molar-refractivity contribution in [3.63, 3.8) is 0 Å². The standard InChI is InChI=1S/C14H16FN3/c1-9-7-14(18-11(3)16-9)17-10(2)12-5-4-6-13(15)8-12/h4-8,10H,1-3H3,(H,16,17,18). The highest BCUT2D eigenvalue weighted by atomic mass is 19.1. The van der Waals surface area contributed by atoms with Crippen molar-refractivity contribution in [1.29, 1.82) is 0 Å². The van der Waals surface area contributed by atoms with Gasteiger partial charge in [-0.25, -0.2) is 14.4 Å². The molecule has 1 aromatic carbocycles. The first-order valence-corrected chi connectivity index (χ1v) is 5.89. The molecule has 0 bridgehead atoms. The fraction of sp³-hybridized carbons (Fsp3) is 0.286. The van der Waals surface area contributed by atoms with E-state index in [4.69, 9.17) is 0 Å². The molecule has 1 unspecified atom stereocenters. The van der Waals surface area contributed by atoms with E-state index in [0.29, 0.717) is 0 Å². The smallest absolute Gasteiger partial charge is 0.130 e. The summed E-state index contributed by atoms with van der Waals surface area (Å²) in [7, 11) is 0. The summed E-state index contributed by atoms with van der Waals surface area (Å²) in [5.74, 6) is 1.26. The summed E-state index contributed by atoms with van der Waals surface area (Å²) < 4.78 is 13.1. The number of nitrogens with one attached hydrogen (secondary N) is 1. The fourth-order valence-corrected chi connectivity index (χ4v) is 1.87. The molecule has 0 aliphatic rings. The Labute approximate surface area is 106 Å². The van der Waals surface area contributed by atoms with E-state index in [2.05, 4.69) is 15.3 Å². The molecule has 0 radical (unpaired) electrons. The highest BCUT2D eigenvalue weighted by Gasteiger charge is 2.07. The molecular formula is C14H16FN3. The van der Waals surface area contributed by atoms with Gasteiger partial charge in [-0.1, -0.05) is 12.1 Å². The highest BCUT2D eigenvalue weighted by molar-refractivity contribution is 5.39. The van der Waals surface area contributed by atoms with E-state index in [0.717, 1.165) is 22.9 Å². The zero-order valence-electron chi connectivity index (χ0n) is 10.7. The molecule has 4 heteroatoms. The van der Waals surface area contributed by atoms with Gasteiger partial charge in [-0.15, -0.1) is 0 Å². The second-order valence-corrected chi connectivity index (χ2v) is 4.36. The Morgan fingerprint density at radius 1 is 1.17 bits per heavy atom. The summed E-state index contributed by atoms with van der Waals surface area (Å²) in [6.07, 6.45) is 0. The Morgan fingerprint density at radius 2 is 1.94 bits per heavy atom. The molecule has 0 spiro atoms. The molecule has 0 aliphatic heterocycles. The van der Waals surface area contributed by atoms with Crippen LogP contribution in [-0.4, -0.2) is 9.97 Å². The second-order valence-electron chi connectivity index (χ2n) is 4.36. The van der Waals surface area contributed by atoms with E-state index in [1.165, 1.54) is 12.1 Å². The van der Waals surface area contributed by atoms with Crippen molar-refractivity contribution < 1.29 is 4.39 Å². The monoisotopic (exact) mass is 245 g/mol. The van der Waals surface area contributed by atoms with Crippen molar-refractivity contribution in [3.8, 4) is 0 Å². The fourth-order valence-electron chi connectivity index (χ4n) is 1.87. The normalized spacial score (nSPS) is 12.2. The number of aromatic nitrogens is 2. The van der Waals surface area contributed by atoms with Gasteiger partial charge in [-0.3, -0.25) is 0 Å². The Balaban J connectivity index is 2.18. The number of rotatable bonds is 3. The average Bonchev–Trinajstić information content (AvgIpc) is 2.27. The van der Waals surface area contributed by atoms with Crippen LogP contribution in [0.15, 0.2) is 30.3 Å². The van der Waals surface area contributed by atoms with Crippen LogP contribution in [-0.2, 0) is 0 Å². The molecule has 94 valence electrons. The van der Waals surface area contributed by atoms with Gasteiger partial charge in [0.2, 0.25) is 0 Å². The van der Waals surface area contributed by atoms with Crippen LogP contribution in [0, 0.1) is 19.7 Å². The number of aryl methyl sites for hydroxylation is 2. The molecular weight excluding hydrogens is 229 g/mol. The molecule has 0 saturated heterocycles. The molecule has 3 nitrogen and oxygen atoms in total. The number of halogens is 1. The van der Waals surface area contributed by atoms with Crippen molar-refractivity contribution in [2.24, 2.45) is 0 Å². The van der Waals surface area contributed by atoms with Gasteiger partial charge in [-0.05, 0) is 38.5 Å². The molecule has 1 aromatic heterocycles. The molecule has 1 heterocycles. The molecule has 1 atom stereocenters. The van der Waals surface area contributed by atoms with E-state index in [-0.39, 0.29) is 11.9 Å². The van der Waals surface area contributed by atoms with Crippen molar-refractivity contribution in [2.75, 3.05) is 5.32 Å². The number of hydrogen-bond donors (Lipinski definition) is 1. The number of nitrogens with zero attached hydrogens (tertiary/aromatic N) is 2. The average molecular weight is 245 g/mol. The van der Waals surface area contributed by atoms with Gasteiger partial charge in [0.05, 0.1) is 6.04 Å². The topological polar surface area (TPSA) is 37.8 Å². The lowest BCUT2D eigenvalue weighted by Crippen LogP contribution is -2.09. The van der Waals surface area contributed by atoms with Gasteiger partial charge in [0, 0.05) is 11.8 Å². The summed E-state index contributed by atoms with van der Waals surface area (Å²) in [4.78, 5) is 8.52. The van der Waals surface area contributed by atoms with Crippen LogP contribution >= 0.6 is 0 Å². The molecule has 0 aliphatic carbocycles. The molecule has 18 heavy (non-hydrogen) atoms. The lowest BCUT2D eigenvalue weighted by molar-refractivity contribution is 0.623. The van der Waals surface area contributed by atoms with Gasteiger partial charge >= 0.3 is 0 Å². The molecule has 2 aromatic rings. The number of hydrogen-bond acceptors (Lipinski definition) is 3. The maximum atomic E-state index is 13.1. The maximum Gasteiger partial charge on any atom is 0.130 e. The Bertz CT molecular complexity index is 534. The third-order valence-electron chi connectivity index (χ3n) is 2.68. The van der Waals surface area contributed by atoms with Crippen LogP contribution in [0.2, 0.25) is 0 Å². The Kier molecular flexibility index (Phi) is 3.55. The van der Waals surface area contributed by atoms with Crippen molar-refractivity contribution in [3.05, 3.63) is 53.2 Å². The minimum absolute atomic E-state index is 0.00519. The minimum Gasteiger partial charge on any atom is -0.363 e. The van der Waals surface area contributed by atoms with Crippen LogP contribution in [0.4, 0.5) is 10.2 Å². The lowest BCUT2D eigenvalue weighted by Gasteiger charge is -2.15. The molecule has 0 fully saturated rings. The third-order valence-corrected chi connectivity index (χ3v) is 2.68. The van der Waals surface area contributed by atoms with E-state index >= 15 is 0 Å². The van der Waals surface area contributed by atoms with Crippen LogP contribution in [0.5, 0.6) is 0 Å². The minimum atomic E-state index is -0.226. The van der Waals surface area contributed by atoms with Crippen LogP contribution in [0.3, 0.4) is 0 Å². The maximum absolute atomic E-state index is 13.1. The SMILES string of the molecule is Cc1cc(NC(C)c2cccc(F)c2)nc(C)n1. The van der Waals surface area contributed by atoms with Gasteiger partial charge in [0.15, 0.2) is 0 Å². The molecule has 2 rings (SSSR count). The Hall–Kier alpha value is -1.97. The van der Waals surface area contributed by atoms with E-state index in [1.807, 2.05) is 32.9 Å². The van der Waals surface area contributed by atoms with Crippen molar-refractivity contribution >= 4 is 5.82 Å². The highest BCUT2D eigenvalue weighted by Crippen LogP contribution is 2.18. The lowest BCUT2D eigenvalue weighted by atomic mass is 10.1. The van der Waals surface area contributed by atoms with Gasteiger partial charge in [-0.2, -0.15) is 0 Å². The number of benzene rings is 1. The third kappa shape index (κ3) is 3.03. The number of anilines is 1. The van der Waals surface area contributed by atoms with Gasteiger partial charge < -0.3 is 5.32 Å². The summed E-state index contributed by atoms with van der Waals surface area (Å²) in [5, 5.41) is 3.25. The molecule has 0 amide bonds. The first-order chi connectivity index (χ1) is 8.54. The van der Waals surface area contributed by atoms with Crippen LogP contribution in [0.25, 0.3) is 0 Å². The van der Waals surface area contributed by atoms with Crippen molar-refractivity contribution in [2.45, 2.75) is 26.8 Å². The summed E-state index contributed by atoms with van der Waals surface area (Å²) in [6.45, 7) is 5.75. The van der Waals surface area contributed by atoms with E-state index in [9.17, 15) is 4.39 Å². The zero-order chi connectivity index (χ0) is 13.1. The van der Waals surface area contributed by atoms with Crippen LogP contribution < -0.4 is 5.32 Å². The zero-order valence-corrected chi connectivity index (χ0v) is 10.7.